The second-order valence-electron chi connectivity index (χ2n) is 35.5. The number of carbonyl (C=O) groups is 7. The van der Waals surface area contributed by atoms with Gasteiger partial charge in [0.25, 0.3) is 0 Å². The second kappa shape index (κ2) is 85.9. The predicted octanol–water partition coefficient (Wildman–Crippen LogP) is 23.1. The summed E-state index contributed by atoms with van der Waals surface area (Å²) in [7, 11) is 0. The van der Waals surface area contributed by atoms with E-state index >= 15 is 0 Å². The van der Waals surface area contributed by atoms with E-state index in [0.717, 1.165) is 186 Å². The van der Waals surface area contributed by atoms with Gasteiger partial charge in [0.1, 0.15) is 23.1 Å². The average molecular weight is 1520 g/mol. The molecule has 0 fully saturated rings. The highest BCUT2D eigenvalue weighted by Crippen LogP contribution is 2.13. The standard InChI is InChI=1S/C17H34O3.C14H29NO2.C12H25NO.C12H26O2.C10H21NO.C10H20O.C9H18O.C7H14O/c1-15(2)7-5-8-17(18)9-6-11-19-13-14-20-12-10-16(3)4;1-12(2)6-5-7-14(16)15-9-11-17-10-8-13(3)4;1-10(2)6-5-7-12(14)13-9-8-11(3)4;1-11(2)5-7-13-9-10-14-8-6-12(3)4;1-8(2)5-6-11-10(12)7-9(3)4;1-8(2)6-5-7-10(11)9(3)4;1-7(2)5-6-9(10)8(3)4;1-5(2)7(8)6(3)4/h15-16H,5-14H2,1-4H3;12-13H,5-11H2,1-4H3,(H,15,16);10-11H,5-9H2,1-4H3,(H,13,14);11-12H,5-10H2,1-4H3;8-9H,5-7H2,1-4H3,(H,11,12);8-9H,5-7H2,1-4H3;7-8H,5-6H2,1-4H3;5-6H,1-4H3. The highest BCUT2D eigenvalue weighted by molar-refractivity contribution is 5.82. The molecule has 638 valence electrons. The number of hydrogen-bond acceptors (Lipinski definition) is 12. The zero-order valence-corrected chi connectivity index (χ0v) is 76.6. The zero-order chi connectivity index (χ0) is 83.4. The number of nitrogens with one attached hydrogen (secondary N) is 3. The van der Waals surface area contributed by atoms with Gasteiger partial charge < -0.3 is 39.6 Å². The number of rotatable bonds is 56. The molecule has 0 aromatic heterocycles. The molecule has 0 spiro atoms. The molecule has 0 saturated heterocycles. The largest absolute Gasteiger partial charge is 0.380 e. The molecule has 3 N–H and O–H groups in total. The fraction of sp³-hybridized carbons (Fsp3) is 0.923. The molecule has 0 aliphatic rings. The fourth-order valence-corrected chi connectivity index (χ4v) is 8.81. The van der Waals surface area contributed by atoms with Crippen molar-refractivity contribution in [3.8, 4) is 0 Å². The first-order valence-electron chi connectivity index (χ1n) is 43.1. The van der Waals surface area contributed by atoms with Crippen LogP contribution in [0.15, 0.2) is 0 Å². The van der Waals surface area contributed by atoms with Crippen LogP contribution in [0.3, 0.4) is 0 Å². The lowest BCUT2D eigenvalue weighted by atomic mass is 9.99. The first-order chi connectivity index (χ1) is 49.3. The number of Topliss-reactive ketones (excluding diaryl/α,β-unsaturated/α-hetero) is 4. The van der Waals surface area contributed by atoms with Gasteiger partial charge in [-0.3, -0.25) is 33.6 Å². The minimum atomic E-state index is 0.151. The highest BCUT2D eigenvalue weighted by atomic mass is 16.5. The molecule has 0 saturated carbocycles. The molecular formula is C91H187N3O12. The molecule has 0 aliphatic carbocycles. The summed E-state index contributed by atoms with van der Waals surface area (Å²) in [4.78, 5) is 78.4. The van der Waals surface area contributed by atoms with Crippen LogP contribution < -0.4 is 16.0 Å². The van der Waals surface area contributed by atoms with E-state index in [1.807, 2.05) is 55.4 Å². The van der Waals surface area contributed by atoms with Crippen LogP contribution >= 0.6 is 0 Å². The van der Waals surface area contributed by atoms with Gasteiger partial charge in [-0.2, -0.15) is 0 Å². The molecule has 0 aliphatic heterocycles. The molecule has 0 aromatic carbocycles. The third-order valence-corrected chi connectivity index (χ3v) is 16.3. The minimum Gasteiger partial charge on any atom is -0.380 e. The molecule has 15 heteroatoms. The van der Waals surface area contributed by atoms with Crippen LogP contribution in [0.5, 0.6) is 0 Å². The van der Waals surface area contributed by atoms with Crippen molar-refractivity contribution in [2.45, 2.75) is 369 Å². The molecule has 3 amide bonds. The summed E-state index contributed by atoms with van der Waals surface area (Å²) in [6, 6.07) is 0. The van der Waals surface area contributed by atoms with E-state index in [4.69, 9.17) is 23.7 Å². The first-order valence-corrected chi connectivity index (χ1v) is 43.1. The van der Waals surface area contributed by atoms with Crippen molar-refractivity contribution in [3.05, 3.63) is 0 Å². The summed E-state index contributed by atoms with van der Waals surface area (Å²) in [6.07, 6.45) is 22.1. The van der Waals surface area contributed by atoms with Gasteiger partial charge in [0.2, 0.25) is 17.7 Å². The average Bonchev–Trinajstić information content (AvgIpc) is 1.02. The molecule has 0 rings (SSSR count). The Morgan fingerprint density at radius 3 is 0.774 bits per heavy atom. The van der Waals surface area contributed by atoms with Crippen LogP contribution in [-0.4, -0.2) is 127 Å². The summed E-state index contributed by atoms with van der Waals surface area (Å²) in [5, 5.41) is 8.74. The third-order valence-electron chi connectivity index (χ3n) is 16.3. The van der Waals surface area contributed by atoms with Crippen LogP contribution in [0.4, 0.5) is 0 Å². The van der Waals surface area contributed by atoms with E-state index < -0.39 is 0 Å². The van der Waals surface area contributed by atoms with Gasteiger partial charge in [-0.05, 0) is 148 Å². The lowest BCUT2D eigenvalue weighted by molar-refractivity contribution is -0.125. The van der Waals surface area contributed by atoms with Crippen molar-refractivity contribution in [1.82, 2.24) is 16.0 Å². The number of amides is 3. The van der Waals surface area contributed by atoms with E-state index in [2.05, 4.69) is 182 Å². The molecular weight excluding hydrogens is 1330 g/mol. The number of hydrogen-bond donors (Lipinski definition) is 3. The Balaban J connectivity index is -0.000000175. The number of ether oxygens (including phenoxy) is 5. The van der Waals surface area contributed by atoms with Gasteiger partial charge in [-0.25, -0.2) is 0 Å². The van der Waals surface area contributed by atoms with Crippen LogP contribution in [0.25, 0.3) is 0 Å². The minimum absolute atomic E-state index is 0.151. The van der Waals surface area contributed by atoms with E-state index in [9.17, 15) is 33.6 Å². The summed E-state index contributed by atoms with van der Waals surface area (Å²) >= 11 is 0. The van der Waals surface area contributed by atoms with Gasteiger partial charge >= 0.3 is 0 Å². The molecule has 0 heterocycles. The number of ketones is 4. The van der Waals surface area contributed by atoms with Crippen LogP contribution in [-0.2, 0) is 57.2 Å². The van der Waals surface area contributed by atoms with Crippen molar-refractivity contribution in [2.24, 2.45) is 94.7 Å². The summed E-state index contributed by atoms with van der Waals surface area (Å²) in [6.45, 7) is 77.5. The monoisotopic (exact) mass is 1510 g/mol. The van der Waals surface area contributed by atoms with Gasteiger partial charge in [-0.1, -0.05) is 247 Å². The maximum absolute atomic E-state index is 11.6. The molecule has 0 atom stereocenters. The Kier molecular flexibility index (Phi) is 96.1. The van der Waals surface area contributed by atoms with Gasteiger partial charge in [0.15, 0.2) is 0 Å². The first kappa shape index (κ1) is 119. The van der Waals surface area contributed by atoms with E-state index in [1.165, 1.54) is 6.42 Å². The van der Waals surface area contributed by atoms with Crippen LogP contribution in [0.2, 0.25) is 0 Å². The smallest absolute Gasteiger partial charge is 0.220 e. The molecule has 0 bridgehead atoms. The van der Waals surface area contributed by atoms with Crippen LogP contribution in [0, 0.1) is 94.7 Å². The van der Waals surface area contributed by atoms with E-state index in [-0.39, 0.29) is 41.4 Å². The molecule has 106 heavy (non-hydrogen) atoms. The van der Waals surface area contributed by atoms with Gasteiger partial charge in [-0.15, -0.1) is 0 Å². The lowest BCUT2D eigenvalue weighted by Crippen LogP contribution is -2.27. The summed E-state index contributed by atoms with van der Waals surface area (Å²) in [5.41, 5.74) is 0. The maximum Gasteiger partial charge on any atom is 0.220 e. The lowest BCUT2D eigenvalue weighted by Gasteiger charge is -2.08. The van der Waals surface area contributed by atoms with Gasteiger partial charge in [0.05, 0.1) is 33.0 Å². The molecule has 15 nitrogen and oxygen atoms in total. The maximum atomic E-state index is 11.6. The van der Waals surface area contributed by atoms with Crippen LogP contribution in [0.1, 0.15) is 369 Å². The number of carbonyl (C=O) groups excluding carboxylic acids is 7. The second-order valence-corrected chi connectivity index (χ2v) is 35.5. The zero-order valence-electron chi connectivity index (χ0n) is 76.6. The summed E-state index contributed by atoms with van der Waals surface area (Å²) in [5.74, 6) is 11.1. The van der Waals surface area contributed by atoms with E-state index in [1.54, 1.807) is 0 Å². The Morgan fingerprint density at radius 1 is 0.217 bits per heavy atom. The highest BCUT2D eigenvalue weighted by Gasteiger charge is 2.12. The topological polar surface area (TPSA) is 202 Å². The molecule has 0 unspecified atom stereocenters. The quantitative estimate of drug-likeness (QED) is 0.0487. The van der Waals surface area contributed by atoms with Crippen molar-refractivity contribution < 1.29 is 57.2 Å². The van der Waals surface area contributed by atoms with Gasteiger partial charge in [0, 0.05) is 121 Å². The van der Waals surface area contributed by atoms with Crippen molar-refractivity contribution in [2.75, 3.05) is 85.7 Å². The molecule has 0 aromatic rings. The Bertz CT molecular complexity index is 1870. The Morgan fingerprint density at radius 2 is 0.481 bits per heavy atom. The van der Waals surface area contributed by atoms with Crippen molar-refractivity contribution >= 4 is 40.9 Å². The van der Waals surface area contributed by atoms with Crippen molar-refractivity contribution in [1.29, 1.82) is 0 Å². The van der Waals surface area contributed by atoms with Crippen molar-refractivity contribution in [3.63, 3.8) is 0 Å². The molecule has 0 radical (unpaired) electrons. The predicted molar refractivity (Wildman–Crippen MR) is 457 cm³/mol. The normalized spacial score (nSPS) is 11.2. The SMILES string of the molecule is CC(C)C(=O)C(C)C.CC(C)CCC(=O)C(C)C.CC(C)CCCC(=O)C(C)C.CC(C)CCCC(=O)CCCOCCOCCC(C)C.CC(C)CCCC(=O)NCCC(C)C.CC(C)CCCC(=O)NCCOCCC(C)C.CC(C)CCNC(=O)CC(C)C.CC(C)CCOCCOCCC(C)C. The Labute approximate surface area is 660 Å². The van der Waals surface area contributed by atoms with E-state index in [0.29, 0.717) is 135 Å². The fourth-order valence-electron chi connectivity index (χ4n) is 8.81. The Hall–Kier alpha value is -3.11. The third kappa shape index (κ3) is 125. The summed E-state index contributed by atoms with van der Waals surface area (Å²) < 4.78 is 27.2.